The van der Waals surface area contributed by atoms with Crippen LogP contribution in [0.2, 0.25) is 4.34 Å². The number of nitrogens with one attached hydrogen (secondary N) is 2. The molecule has 0 spiro atoms. The molecule has 4 nitrogen and oxygen atoms in total. The van der Waals surface area contributed by atoms with Crippen LogP contribution in [0.5, 0.6) is 0 Å². The molecular weight excluding hydrogens is 365 g/mol. The van der Waals surface area contributed by atoms with Crippen LogP contribution in [0.3, 0.4) is 0 Å². The van der Waals surface area contributed by atoms with E-state index in [-0.39, 0.29) is 12.3 Å². The van der Waals surface area contributed by atoms with Gasteiger partial charge in [0.2, 0.25) is 5.91 Å². The van der Waals surface area contributed by atoms with E-state index in [4.69, 9.17) is 11.6 Å². The van der Waals surface area contributed by atoms with Gasteiger partial charge in [0.15, 0.2) is 0 Å². The first-order valence-corrected chi connectivity index (χ1v) is 7.91. The van der Waals surface area contributed by atoms with Gasteiger partial charge in [0.05, 0.1) is 15.6 Å². The number of hydrogen-bond donors (Lipinski definition) is 2. The third kappa shape index (κ3) is 5.86. The van der Waals surface area contributed by atoms with Crippen molar-refractivity contribution in [2.75, 3.05) is 11.9 Å². The summed E-state index contributed by atoms with van der Waals surface area (Å²) in [7, 11) is 0. The fourth-order valence-corrected chi connectivity index (χ4v) is 2.72. The second kappa shape index (κ2) is 7.67. The molecule has 2 aromatic rings. The minimum Gasteiger partial charge on any atom is -0.347 e. The highest BCUT2D eigenvalue weighted by atomic mass is 35.5. The second-order valence-corrected chi connectivity index (χ2v) is 6.54. The van der Waals surface area contributed by atoms with Crippen molar-refractivity contribution in [2.45, 2.75) is 12.6 Å². The maximum absolute atomic E-state index is 12.0. The summed E-state index contributed by atoms with van der Waals surface area (Å²) in [4.78, 5) is 23.8. The lowest BCUT2D eigenvalue weighted by Crippen LogP contribution is -2.34. The molecule has 1 aromatic carbocycles. The second-order valence-electron chi connectivity index (χ2n) is 4.82. The fourth-order valence-electron chi connectivity index (χ4n) is 1.78. The summed E-state index contributed by atoms with van der Waals surface area (Å²) in [5.41, 5.74) is 1.04. The monoisotopic (exact) mass is 376 g/mol. The zero-order chi connectivity index (χ0) is 17.7. The van der Waals surface area contributed by atoms with Gasteiger partial charge >= 0.3 is 6.18 Å². The maximum Gasteiger partial charge on any atom is 0.405 e. The molecule has 0 atom stereocenters. The summed E-state index contributed by atoms with van der Waals surface area (Å²) in [6.45, 7) is -1.36. The van der Waals surface area contributed by atoms with Gasteiger partial charge in [-0.3, -0.25) is 9.59 Å². The third-order valence-corrected chi connectivity index (χ3v) is 4.09. The summed E-state index contributed by atoms with van der Waals surface area (Å²) in [6.07, 6.45) is -4.61. The summed E-state index contributed by atoms with van der Waals surface area (Å²) < 4.78 is 36.5. The van der Waals surface area contributed by atoms with E-state index in [1.165, 1.54) is 0 Å². The highest BCUT2D eigenvalue weighted by Gasteiger charge is 2.27. The Balaban J connectivity index is 1.88. The predicted molar refractivity (Wildman–Crippen MR) is 86.5 cm³/mol. The van der Waals surface area contributed by atoms with Gasteiger partial charge in [0.25, 0.3) is 5.91 Å². The molecule has 24 heavy (non-hydrogen) atoms. The van der Waals surface area contributed by atoms with Crippen molar-refractivity contribution >= 4 is 40.4 Å². The van der Waals surface area contributed by atoms with Gasteiger partial charge in [-0.1, -0.05) is 23.7 Å². The largest absolute Gasteiger partial charge is 0.405 e. The van der Waals surface area contributed by atoms with E-state index in [0.29, 0.717) is 20.5 Å². The molecule has 2 amide bonds. The van der Waals surface area contributed by atoms with Gasteiger partial charge in [0.1, 0.15) is 6.54 Å². The zero-order valence-electron chi connectivity index (χ0n) is 12.1. The zero-order valence-corrected chi connectivity index (χ0v) is 13.7. The van der Waals surface area contributed by atoms with Crippen LogP contribution in [0.4, 0.5) is 18.9 Å². The first-order valence-electron chi connectivity index (χ1n) is 6.72. The molecule has 0 aliphatic heterocycles. The Kier molecular flexibility index (Phi) is 5.84. The number of alkyl halides is 3. The molecule has 0 aliphatic rings. The molecule has 0 saturated heterocycles. The smallest absolute Gasteiger partial charge is 0.347 e. The van der Waals surface area contributed by atoms with E-state index in [1.807, 2.05) is 0 Å². The predicted octanol–water partition coefficient (Wildman–Crippen LogP) is 3.87. The van der Waals surface area contributed by atoms with Crippen molar-refractivity contribution < 1.29 is 22.8 Å². The molecule has 2 N–H and O–H groups in total. The van der Waals surface area contributed by atoms with Crippen LogP contribution in [0, 0.1) is 0 Å². The minimum atomic E-state index is -4.44. The van der Waals surface area contributed by atoms with Crippen molar-refractivity contribution in [3.05, 3.63) is 51.2 Å². The molecule has 2 rings (SSSR count). The van der Waals surface area contributed by atoms with E-state index >= 15 is 0 Å². The topological polar surface area (TPSA) is 58.2 Å². The number of amides is 2. The van der Waals surface area contributed by atoms with E-state index in [1.54, 1.807) is 41.7 Å². The molecule has 1 aromatic heterocycles. The first-order chi connectivity index (χ1) is 11.2. The van der Waals surface area contributed by atoms with Gasteiger partial charge in [-0.15, -0.1) is 11.3 Å². The van der Waals surface area contributed by atoms with Gasteiger partial charge < -0.3 is 10.6 Å². The van der Waals surface area contributed by atoms with Gasteiger partial charge in [-0.05, 0) is 29.8 Å². The van der Waals surface area contributed by atoms with Crippen molar-refractivity contribution in [1.29, 1.82) is 0 Å². The van der Waals surface area contributed by atoms with Gasteiger partial charge in [-0.2, -0.15) is 13.2 Å². The minimum absolute atomic E-state index is 0.176. The quantitative estimate of drug-likeness (QED) is 0.832. The number of anilines is 1. The lowest BCUT2D eigenvalue weighted by atomic mass is 10.1. The maximum atomic E-state index is 12.0. The Morgan fingerprint density at radius 1 is 1.08 bits per heavy atom. The van der Waals surface area contributed by atoms with E-state index < -0.39 is 18.6 Å². The Morgan fingerprint density at radius 3 is 2.29 bits per heavy atom. The van der Waals surface area contributed by atoms with E-state index in [9.17, 15) is 22.8 Å². The lowest BCUT2D eigenvalue weighted by Gasteiger charge is -2.09. The van der Waals surface area contributed by atoms with Crippen LogP contribution in [-0.2, 0) is 11.2 Å². The molecular formula is C15H12ClF3N2O2S. The van der Waals surface area contributed by atoms with Crippen molar-refractivity contribution in [3.63, 3.8) is 0 Å². The molecule has 0 radical (unpaired) electrons. The number of rotatable bonds is 5. The van der Waals surface area contributed by atoms with Crippen LogP contribution < -0.4 is 10.6 Å². The van der Waals surface area contributed by atoms with Crippen LogP contribution in [0.1, 0.15) is 15.2 Å². The van der Waals surface area contributed by atoms with Crippen LogP contribution >= 0.6 is 22.9 Å². The molecule has 1 heterocycles. The number of halogens is 4. The summed E-state index contributed by atoms with van der Waals surface area (Å²) in [5.74, 6) is -1.04. The summed E-state index contributed by atoms with van der Waals surface area (Å²) in [5, 5.41) is 4.46. The average molecular weight is 377 g/mol. The molecule has 0 saturated carbocycles. The summed E-state index contributed by atoms with van der Waals surface area (Å²) in [6, 6.07) is 9.47. The SMILES string of the molecule is O=C(Cc1ccc(NC(=O)c2ccc(Cl)s2)cc1)NCC(F)(F)F. The van der Waals surface area contributed by atoms with Crippen molar-refractivity contribution in [2.24, 2.45) is 0 Å². The number of benzene rings is 1. The Morgan fingerprint density at radius 2 is 1.75 bits per heavy atom. The first kappa shape index (κ1) is 18.3. The number of hydrogen-bond acceptors (Lipinski definition) is 3. The van der Waals surface area contributed by atoms with Crippen LogP contribution in [-0.4, -0.2) is 24.5 Å². The van der Waals surface area contributed by atoms with E-state index in [2.05, 4.69) is 5.32 Å². The number of carbonyl (C=O) groups is 2. The average Bonchev–Trinajstić information content (AvgIpc) is 2.93. The Hall–Kier alpha value is -2.06. The fraction of sp³-hybridized carbons (Fsp3) is 0.200. The van der Waals surface area contributed by atoms with Crippen LogP contribution in [0.15, 0.2) is 36.4 Å². The molecule has 128 valence electrons. The highest BCUT2D eigenvalue weighted by molar-refractivity contribution is 7.18. The van der Waals surface area contributed by atoms with Crippen molar-refractivity contribution in [1.82, 2.24) is 5.32 Å². The van der Waals surface area contributed by atoms with Crippen molar-refractivity contribution in [3.8, 4) is 0 Å². The Bertz CT molecular complexity index is 729. The number of thiophene rings is 1. The normalized spacial score (nSPS) is 11.2. The molecule has 0 unspecified atom stereocenters. The van der Waals surface area contributed by atoms with Gasteiger partial charge in [0, 0.05) is 5.69 Å². The van der Waals surface area contributed by atoms with E-state index in [0.717, 1.165) is 11.3 Å². The summed E-state index contributed by atoms with van der Waals surface area (Å²) >= 11 is 6.90. The molecule has 0 bridgehead atoms. The van der Waals surface area contributed by atoms with Crippen LogP contribution in [0.25, 0.3) is 0 Å². The lowest BCUT2D eigenvalue weighted by molar-refractivity contribution is -0.138. The molecule has 0 fully saturated rings. The molecule has 9 heteroatoms. The molecule has 0 aliphatic carbocycles. The number of carbonyl (C=O) groups excluding carboxylic acids is 2. The third-order valence-electron chi connectivity index (χ3n) is 2.86. The van der Waals surface area contributed by atoms with Gasteiger partial charge in [-0.25, -0.2) is 0 Å². The Labute approximate surface area is 144 Å². The standard InChI is InChI=1S/C15H12ClF3N2O2S/c16-12-6-5-11(24-12)14(23)21-10-3-1-9(2-4-10)7-13(22)20-8-15(17,18)19/h1-6H,7-8H2,(H,20,22)(H,21,23). The highest BCUT2D eigenvalue weighted by Crippen LogP contribution is 2.22.